The van der Waals surface area contributed by atoms with Gasteiger partial charge in [-0.1, -0.05) is 23.8 Å². The fourth-order valence-corrected chi connectivity index (χ4v) is 2.40. The Morgan fingerprint density at radius 1 is 1.18 bits per heavy atom. The minimum absolute atomic E-state index is 0.369. The lowest BCUT2D eigenvalue weighted by Crippen LogP contribution is -2.08. The Balaban J connectivity index is 1.81. The Morgan fingerprint density at radius 2 is 2.00 bits per heavy atom. The first-order valence-electron chi connectivity index (χ1n) is 6.10. The number of hydrogen-bond acceptors (Lipinski definition) is 2. The zero-order chi connectivity index (χ0) is 11.7. The lowest BCUT2D eigenvalue weighted by molar-refractivity contribution is 0.746. The molecule has 86 valence electrons. The summed E-state index contributed by atoms with van der Waals surface area (Å²) in [5.74, 6) is 0. The summed E-state index contributed by atoms with van der Waals surface area (Å²) in [6, 6.07) is 13.1. The monoisotopic (exact) mass is 224 g/mol. The van der Waals surface area contributed by atoms with Crippen LogP contribution in [0.1, 0.15) is 29.3 Å². The van der Waals surface area contributed by atoms with Crippen LogP contribution in [0.5, 0.6) is 0 Å². The molecule has 1 unspecified atom stereocenters. The molecule has 1 aromatic carbocycles. The molecule has 1 N–H and O–H groups in total. The topological polar surface area (TPSA) is 24.9 Å². The van der Waals surface area contributed by atoms with Crippen LogP contribution in [-0.4, -0.2) is 4.98 Å². The van der Waals surface area contributed by atoms with Crippen molar-refractivity contribution in [1.82, 2.24) is 4.98 Å². The Kier molecular flexibility index (Phi) is 2.56. The van der Waals surface area contributed by atoms with Gasteiger partial charge in [0.25, 0.3) is 0 Å². The molecule has 0 fully saturated rings. The van der Waals surface area contributed by atoms with Gasteiger partial charge in [-0.25, -0.2) is 0 Å². The molecular weight excluding hydrogens is 208 g/mol. The number of aromatic nitrogens is 1. The Hall–Kier alpha value is -1.83. The predicted molar refractivity (Wildman–Crippen MR) is 70.1 cm³/mol. The van der Waals surface area contributed by atoms with E-state index in [2.05, 4.69) is 47.6 Å². The molecule has 0 bridgehead atoms. The van der Waals surface area contributed by atoms with Crippen molar-refractivity contribution in [2.75, 3.05) is 5.32 Å². The average Bonchev–Trinajstić information content (AvgIpc) is 2.76. The molecule has 3 rings (SSSR count). The second-order valence-electron chi connectivity index (χ2n) is 4.65. The van der Waals surface area contributed by atoms with Crippen molar-refractivity contribution in [3.63, 3.8) is 0 Å². The molecule has 1 aliphatic rings. The van der Waals surface area contributed by atoms with Gasteiger partial charge in [0.1, 0.15) is 0 Å². The van der Waals surface area contributed by atoms with Crippen LogP contribution in [0.3, 0.4) is 0 Å². The molecule has 2 heteroatoms. The third-order valence-electron chi connectivity index (χ3n) is 3.35. The van der Waals surface area contributed by atoms with Gasteiger partial charge in [-0.05, 0) is 43.5 Å². The molecule has 1 atom stereocenters. The van der Waals surface area contributed by atoms with Gasteiger partial charge in [-0.3, -0.25) is 4.98 Å². The summed E-state index contributed by atoms with van der Waals surface area (Å²) >= 11 is 0. The number of aryl methyl sites for hydroxylation is 2. The number of benzene rings is 1. The largest absolute Gasteiger partial charge is 0.377 e. The first-order valence-corrected chi connectivity index (χ1v) is 6.10. The van der Waals surface area contributed by atoms with E-state index < -0.39 is 0 Å². The molecule has 1 heterocycles. The molecule has 17 heavy (non-hydrogen) atoms. The second kappa shape index (κ2) is 4.21. The molecule has 1 aromatic heterocycles. The number of hydrogen-bond donors (Lipinski definition) is 1. The minimum atomic E-state index is 0.369. The molecule has 1 aliphatic carbocycles. The summed E-state index contributed by atoms with van der Waals surface area (Å²) in [7, 11) is 0. The van der Waals surface area contributed by atoms with Gasteiger partial charge in [0.15, 0.2) is 0 Å². The number of nitrogens with zero attached hydrogens (tertiary/aromatic N) is 1. The van der Waals surface area contributed by atoms with Gasteiger partial charge in [0, 0.05) is 11.9 Å². The van der Waals surface area contributed by atoms with E-state index in [9.17, 15) is 0 Å². The summed E-state index contributed by atoms with van der Waals surface area (Å²) in [6.07, 6.45) is 4.15. The van der Waals surface area contributed by atoms with E-state index in [1.165, 1.54) is 22.5 Å². The van der Waals surface area contributed by atoms with Crippen molar-refractivity contribution in [2.24, 2.45) is 0 Å². The normalized spacial score (nSPS) is 17.8. The average molecular weight is 224 g/mol. The van der Waals surface area contributed by atoms with Gasteiger partial charge in [-0.2, -0.15) is 0 Å². The predicted octanol–water partition coefficient (Wildman–Crippen LogP) is 3.49. The molecule has 0 radical (unpaired) electrons. The number of nitrogens with one attached hydrogen (secondary N) is 1. The van der Waals surface area contributed by atoms with Crippen molar-refractivity contribution in [2.45, 2.75) is 25.8 Å². The lowest BCUT2D eigenvalue weighted by Gasteiger charge is -2.14. The van der Waals surface area contributed by atoms with Gasteiger partial charge >= 0.3 is 0 Å². The van der Waals surface area contributed by atoms with Crippen LogP contribution in [0.2, 0.25) is 0 Å². The second-order valence-corrected chi connectivity index (χ2v) is 4.65. The van der Waals surface area contributed by atoms with Crippen molar-refractivity contribution in [3.8, 4) is 0 Å². The summed E-state index contributed by atoms with van der Waals surface area (Å²) in [5, 5.41) is 3.56. The SMILES string of the molecule is Cc1ccc(NC2CCc3cccnc32)cc1. The molecular formula is C15H16N2. The highest BCUT2D eigenvalue weighted by atomic mass is 15.0. The molecule has 0 amide bonds. The minimum Gasteiger partial charge on any atom is -0.377 e. The first-order chi connectivity index (χ1) is 8.33. The number of pyridine rings is 1. The van der Waals surface area contributed by atoms with E-state index in [-0.39, 0.29) is 0 Å². The van der Waals surface area contributed by atoms with Crippen LogP contribution in [0.4, 0.5) is 5.69 Å². The third-order valence-corrected chi connectivity index (χ3v) is 3.35. The zero-order valence-corrected chi connectivity index (χ0v) is 9.98. The van der Waals surface area contributed by atoms with E-state index in [0.29, 0.717) is 6.04 Å². The van der Waals surface area contributed by atoms with E-state index >= 15 is 0 Å². The zero-order valence-electron chi connectivity index (χ0n) is 9.98. The van der Waals surface area contributed by atoms with Crippen molar-refractivity contribution in [3.05, 3.63) is 59.4 Å². The standard InChI is InChI=1S/C15H16N2/c1-11-4-7-13(8-5-11)17-14-9-6-12-3-2-10-16-15(12)14/h2-5,7-8,10,14,17H,6,9H2,1H3. The number of anilines is 1. The maximum Gasteiger partial charge on any atom is 0.0691 e. The van der Waals surface area contributed by atoms with E-state index in [4.69, 9.17) is 0 Å². The molecule has 2 nitrogen and oxygen atoms in total. The third kappa shape index (κ3) is 2.03. The highest BCUT2D eigenvalue weighted by Gasteiger charge is 2.22. The Bertz CT molecular complexity index is 517. The van der Waals surface area contributed by atoms with Crippen LogP contribution in [0.25, 0.3) is 0 Å². The molecule has 0 spiro atoms. The Labute approximate surface area is 102 Å². The van der Waals surface area contributed by atoms with Crippen LogP contribution in [0.15, 0.2) is 42.6 Å². The van der Waals surface area contributed by atoms with Crippen molar-refractivity contribution < 1.29 is 0 Å². The molecule has 2 aromatic rings. The smallest absolute Gasteiger partial charge is 0.0691 e. The lowest BCUT2D eigenvalue weighted by atomic mass is 10.2. The molecule has 0 saturated carbocycles. The fourth-order valence-electron chi connectivity index (χ4n) is 2.40. The van der Waals surface area contributed by atoms with Crippen molar-refractivity contribution >= 4 is 5.69 Å². The number of rotatable bonds is 2. The van der Waals surface area contributed by atoms with Crippen molar-refractivity contribution in [1.29, 1.82) is 0 Å². The summed E-state index contributed by atoms with van der Waals surface area (Å²) in [6.45, 7) is 2.11. The van der Waals surface area contributed by atoms with Crippen LogP contribution in [-0.2, 0) is 6.42 Å². The van der Waals surface area contributed by atoms with Crippen LogP contribution >= 0.6 is 0 Å². The molecule has 0 saturated heterocycles. The first kappa shape index (κ1) is 10.3. The summed E-state index contributed by atoms with van der Waals surface area (Å²) in [5.41, 5.74) is 5.07. The number of fused-ring (bicyclic) bond motifs is 1. The fraction of sp³-hybridized carbons (Fsp3) is 0.267. The van der Waals surface area contributed by atoms with E-state index in [1.807, 2.05) is 12.3 Å². The van der Waals surface area contributed by atoms with Gasteiger partial charge in [0.05, 0.1) is 11.7 Å². The molecule has 0 aliphatic heterocycles. The maximum absolute atomic E-state index is 4.49. The van der Waals surface area contributed by atoms with Gasteiger partial charge in [0.2, 0.25) is 0 Å². The summed E-state index contributed by atoms with van der Waals surface area (Å²) in [4.78, 5) is 4.49. The highest BCUT2D eigenvalue weighted by Crippen LogP contribution is 2.31. The van der Waals surface area contributed by atoms with Crippen LogP contribution < -0.4 is 5.32 Å². The van der Waals surface area contributed by atoms with Gasteiger partial charge in [-0.15, -0.1) is 0 Å². The summed E-state index contributed by atoms with van der Waals surface area (Å²) < 4.78 is 0. The van der Waals surface area contributed by atoms with Gasteiger partial charge < -0.3 is 5.32 Å². The quantitative estimate of drug-likeness (QED) is 0.844. The highest BCUT2D eigenvalue weighted by molar-refractivity contribution is 5.47. The van der Waals surface area contributed by atoms with E-state index in [1.54, 1.807) is 0 Å². The van der Waals surface area contributed by atoms with Crippen LogP contribution in [0, 0.1) is 6.92 Å². The van der Waals surface area contributed by atoms with E-state index in [0.717, 1.165) is 12.8 Å². The Morgan fingerprint density at radius 3 is 2.82 bits per heavy atom. The maximum atomic E-state index is 4.49.